The molecule has 0 spiro atoms. The van der Waals surface area contributed by atoms with Gasteiger partial charge in [0.1, 0.15) is 0 Å². The average molecular weight is 313 g/mol. The Kier molecular flexibility index (Phi) is 6.86. The van der Waals surface area contributed by atoms with Crippen molar-refractivity contribution in [2.45, 2.75) is 74.7 Å². The molecule has 0 nitrogen and oxygen atoms in total. The Bertz CT molecular complexity index is 551. The van der Waals surface area contributed by atoms with E-state index in [0.29, 0.717) is 5.41 Å². The summed E-state index contributed by atoms with van der Waals surface area (Å²) >= 11 is 0. The summed E-state index contributed by atoms with van der Waals surface area (Å²) in [5.41, 5.74) is 6.27. The van der Waals surface area contributed by atoms with E-state index in [1.807, 2.05) is 0 Å². The van der Waals surface area contributed by atoms with E-state index in [1.165, 1.54) is 36.0 Å². The van der Waals surface area contributed by atoms with Gasteiger partial charge < -0.3 is 0 Å². The molecular formula is C23H36. The van der Waals surface area contributed by atoms with E-state index in [9.17, 15) is 0 Å². The van der Waals surface area contributed by atoms with Crippen LogP contribution in [0.2, 0.25) is 0 Å². The van der Waals surface area contributed by atoms with Crippen molar-refractivity contribution >= 4 is 0 Å². The van der Waals surface area contributed by atoms with Crippen LogP contribution in [0, 0.1) is 10.8 Å². The predicted molar refractivity (Wildman–Crippen MR) is 106 cm³/mol. The lowest BCUT2D eigenvalue weighted by molar-refractivity contribution is 0.377. The van der Waals surface area contributed by atoms with Gasteiger partial charge in [0.2, 0.25) is 0 Å². The maximum absolute atomic E-state index is 2.37. The molecule has 0 saturated carbocycles. The minimum atomic E-state index is 0.240. The number of hydrogen-bond acceptors (Lipinski definition) is 0. The zero-order valence-electron chi connectivity index (χ0n) is 16.6. The third kappa shape index (κ3) is 7.20. The molecule has 0 aromatic rings. The molecule has 0 atom stereocenters. The van der Waals surface area contributed by atoms with Gasteiger partial charge in [-0.3, -0.25) is 0 Å². The van der Waals surface area contributed by atoms with Gasteiger partial charge in [0.25, 0.3) is 0 Å². The highest BCUT2D eigenvalue weighted by Crippen LogP contribution is 2.40. The summed E-state index contributed by atoms with van der Waals surface area (Å²) < 4.78 is 0. The van der Waals surface area contributed by atoms with Gasteiger partial charge in [-0.1, -0.05) is 87.8 Å². The normalized spacial score (nSPS) is 20.9. The SMILES string of the molecule is CC1=C(/C=C/C(C)=C/C=C/C(C)=C/C(C)(C)C)C(C)(C)CCC1. The van der Waals surface area contributed by atoms with Gasteiger partial charge in [0.05, 0.1) is 0 Å². The predicted octanol–water partition coefficient (Wildman–Crippen LogP) is 7.56. The molecule has 0 aromatic heterocycles. The van der Waals surface area contributed by atoms with Gasteiger partial charge in [0, 0.05) is 0 Å². The summed E-state index contributed by atoms with van der Waals surface area (Å²) in [6.07, 6.45) is 17.3. The summed E-state index contributed by atoms with van der Waals surface area (Å²) in [6, 6.07) is 0. The molecule has 1 aliphatic rings. The highest BCUT2D eigenvalue weighted by molar-refractivity contribution is 5.37. The van der Waals surface area contributed by atoms with Crippen LogP contribution in [0.3, 0.4) is 0 Å². The number of allylic oxidation sites excluding steroid dienone is 10. The largest absolute Gasteiger partial charge is 0.0762 e. The average Bonchev–Trinajstić information content (AvgIpc) is 2.35. The second-order valence-corrected chi connectivity index (χ2v) is 8.79. The third-order valence-electron chi connectivity index (χ3n) is 4.43. The molecule has 23 heavy (non-hydrogen) atoms. The Morgan fingerprint density at radius 1 is 1.04 bits per heavy atom. The Balaban J connectivity index is 2.79. The highest BCUT2D eigenvalue weighted by atomic mass is 14.3. The first-order valence-corrected chi connectivity index (χ1v) is 8.94. The lowest BCUT2D eigenvalue weighted by atomic mass is 9.72. The molecule has 0 heteroatoms. The number of rotatable bonds is 4. The zero-order valence-corrected chi connectivity index (χ0v) is 16.6. The number of hydrogen-bond donors (Lipinski definition) is 0. The van der Waals surface area contributed by atoms with Crippen molar-refractivity contribution in [1.29, 1.82) is 0 Å². The van der Waals surface area contributed by atoms with Crippen molar-refractivity contribution in [2.75, 3.05) is 0 Å². The van der Waals surface area contributed by atoms with Crippen molar-refractivity contribution in [3.63, 3.8) is 0 Å². The summed E-state index contributed by atoms with van der Waals surface area (Å²) in [6.45, 7) is 18.1. The Morgan fingerprint density at radius 3 is 2.26 bits per heavy atom. The second kappa shape index (κ2) is 7.99. The monoisotopic (exact) mass is 312 g/mol. The molecule has 1 rings (SSSR count). The molecule has 0 bridgehead atoms. The van der Waals surface area contributed by atoms with E-state index in [2.05, 4.69) is 91.8 Å². The second-order valence-electron chi connectivity index (χ2n) is 8.79. The minimum absolute atomic E-state index is 0.240. The van der Waals surface area contributed by atoms with Gasteiger partial charge >= 0.3 is 0 Å². The van der Waals surface area contributed by atoms with Crippen LogP contribution >= 0.6 is 0 Å². The van der Waals surface area contributed by atoms with E-state index in [4.69, 9.17) is 0 Å². The van der Waals surface area contributed by atoms with Crippen molar-refractivity contribution in [3.8, 4) is 0 Å². The Hall–Kier alpha value is -1.30. The van der Waals surface area contributed by atoms with Crippen LogP contribution in [-0.2, 0) is 0 Å². The molecule has 1 aliphatic carbocycles. The van der Waals surface area contributed by atoms with Gasteiger partial charge in [-0.2, -0.15) is 0 Å². The first-order chi connectivity index (χ1) is 10.5. The first kappa shape index (κ1) is 19.7. The molecule has 0 unspecified atom stereocenters. The van der Waals surface area contributed by atoms with Gasteiger partial charge in [-0.25, -0.2) is 0 Å². The lowest BCUT2D eigenvalue weighted by Crippen LogP contribution is -2.19. The lowest BCUT2D eigenvalue weighted by Gasteiger charge is -2.32. The van der Waals surface area contributed by atoms with E-state index >= 15 is 0 Å². The fraction of sp³-hybridized carbons (Fsp3) is 0.565. The van der Waals surface area contributed by atoms with Crippen LogP contribution in [0.25, 0.3) is 0 Å². The van der Waals surface area contributed by atoms with E-state index in [-0.39, 0.29) is 5.41 Å². The van der Waals surface area contributed by atoms with Crippen LogP contribution in [0.15, 0.2) is 58.7 Å². The highest BCUT2D eigenvalue weighted by Gasteiger charge is 2.26. The standard InChI is InChI=1S/C23H36/c1-18(11-9-12-19(2)17-22(4,5)6)14-15-21-20(3)13-10-16-23(21,7)8/h9,11-12,14-15,17H,10,13,16H2,1-8H3/b12-9+,15-14+,18-11+,19-17+. The Labute approximate surface area is 144 Å². The fourth-order valence-corrected chi connectivity index (χ4v) is 3.36. The zero-order chi connectivity index (χ0) is 17.7. The molecule has 128 valence electrons. The van der Waals surface area contributed by atoms with E-state index in [0.717, 1.165) is 0 Å². The van der Waals surface area contributed by atoms with Crippen LogP contribution in [-0.4, -0.2) is 0 Å². The maximum atomic E-state index is 2.37. The van der Waals surface area contributed by atoms with Crippen molar-refractivity contribution < 1.29 is 0 Å². The molecule has 0 amide bonds. The smallest absolute Gasteiger partial charge is 0.0104 e. The third-order valence-corrected chi connectivity index (χ3v) is 4.43. The molecule has 0 radical (unpaired) electrons. The minimum Gasteiger partial charge on any atom is -0.0762 e. The van der Waals surface area contributed by atoms with Crippen LogP contribution in [0.4, 0.5) is 0 Å². The topological polar surface area (TPSA) is 0 Å². The maximum Gasteiger partial charge on any atom is -0.0104 e. The van der Waals surface area contributed by atoms with E-state index < -0.39 is 0 Å². The van der Waals surface area contributed by atoms with Crippen molar-refractivity contribution in [1.82, 2.24) is 0 Å². The summed E-state index contributed by atoms with van der Waals surface area (Å²) in [7, 11) is 0. The van der Waals surface area contributed by atoms with Crippen LogP contribution < -0.4 is 0 Å². The summed E-state index contributed by atoms with van der Waals surface area (Å²) in [5.74, 6) is 0. The first-order valence-electron chi connectivity index (χ1n) is 8.94. The van der Waals surface area contributed by atoms with Gasteiger partial charge in [-0.05, 0) is 56.4 Å². The molecule has 0 fully saturated rings. The van der Waals surface area contributed by atoms with Crippen molar-refractivity contribution in [3.05, 3.63) is 58.7 Å². The molecule has 0 aromatic carbocycles. The molecular weight excluding hydrogens is 276 g/mol. The van der Waals surface area contributed by atoms with Gasteiger partial charge in [0.15, 0.2) is 0 Å². The quantitative estimate of drug-likeness (QED) is 0.470. The van der Waals surface area contributed by atoms with Gasteiger partial charge in [-0.15, -0.1) is 0 Å². The molecule has 0 N–H and O–H groups in total. The fourth-order valence-electron chi connectivity index (χ4n) is 3.36. The summed E-state index contributed by atoms with van der Waals surface area (Å²) in [5, 5.41) is 0. The van der Waals surface area contributed by atoms with Crippen LogP contribution in [0.5, 0.6) is 0 Å². The molecule has 0 heterocycles. The van der Waals surface area contributed by atoms with Crippen molar-refractivity contribution in [2.24, 2.45) is 10.8 Å². The molecule has 0 aliphatic heterocycles. The van der Waals surface area contributed by atoms with Crippen LogP contribution in [0.1, 0.15) is 74.7 Å². The van der Waals surface area contributed by atoms with E-state index in [1.54, 1.807) is 5.57 Å². The summed E-state index contributed by atoms with van der Waals surface area (Å²) in [4.78, 5) is 0. The molecule has 0 saturated heterocycles. The Morgan fingerprint density at radius 2 is 1.70 bits per heavy atom.